The molecular formula is C20H28N2. The molecule has 1 aliphatic carbocycles. The summed E-state index contributed by atoms with van der Waals surface area (Å²) in [7, 11) is 0. The van der Waals surface area contributed by atoms with Gasteiger partial charge in [0.2, 0.25) is 0 Å². The van der Waals surface area contributed by atoms with Crippen LogP contribution in [0.15, 0.2) is 36.4 Å². The molecule has 1 fully saturated rings. The predicted octanol–water partition coefficient (Wildman–Crippen LogP) is 4.26. The highest BCUT2D eigenvalue weighted by Gasteiger charge is 2.36. The lowest BCUT2D eigenvalue weighted by atomic mass is 9.75. The van der Waals surface area contributed by atoms with Gasteiger partial charge in [0.25, 0.3) is 0 Å². The van der Waals surface area contributed by atoms with Crippen molar-refractivity contribution in [3.05, 3.63) is 42.0 Å². The van der Waals surface area contributed by atoms with Gasteiger partial charge in [-0.2, -0.15) is 0 Å². The van der Waals surface area contributed by atoms with Crippen LogP contribution >= 0.6 is 0 Å². The van der Waals surface area contributed by atoms with Crippen molar-refractivity contribution >= 4 is 5.69 Å². The van der Waals surface area contributed by atoms with Crippen LogP contribution in [0.3, 0.4) is 0 Å². The molecule has 0 radical (unpaired) electrons. The van der Waals surface area contributed by atoms with E-state index in [0.717, 1.165) is 24.4 Å². The number of fused-ring (bicyclic) bond motifs is 3. The van der Waals surface area contributed by atoms with Gasteiger partial charge in [-0.1, -0.05) is 43.7 Å². The monoisotopic (exact) mass is 296 g/mol. The first kappa shape index (κ1) is 14.3. The van der Waals surface area contributed by atoms with Crippen LogP contribution in [0.25, 0.3) is 0 Å². The molecule has 4 aliphatic rings. The van der Waals surface area contributed by atoms with E-state index in [0.29, 0.717) is 5.92 Å². The Hall–Kier alpha value is -1.28. The largest absolute Gasteiger partial charge is 0.384 e. The average Bonchev–Trinajstić information content (AvgIpc) is 2.97. The zero-order valence-electron chi connectivity index (χ0n) is 13.7. The van der Waals surface area contributed by atoms with Gasteiger partial charge in [-0.25, -0.2) is 0 Å². The molecule has 5 rings (SSSR count). The highest BCUT2D eigenvalue weighted by molar-refractivity contribution is 5.57. The van der Waals surface area contributed by atoms with Gasteiger partial charge in [0, 0.05) is 30.7 Å². The Morgan fingerprint density at radius 2 is 2.09 bits per heavy atom. The lowest BCUT2D eigenvalue weighted by molar-refractivity contribution is 0.0761. The maximum atomic E-state index is 3.57. The summed E-state index contributed by atoms with van der Waals surface area (Å²) >= 11 is 0. The van der Waals surface area contributed by atoms with E-state index in [-0.39, 0.29) is 0 Å². The molecule has 4 unspecified atom stereocenters. The lowest BCUT2D eigenvalue weighted by Crippen LogP contribution is -2.50. The lowest BCUT2D eigenvalue weighted by Gasteiger charge is -2.47. The molecule has 2 bridgehead atoms. The molecule has 1 aromatic carbocycles. The number of hydrogen-bond donors (Lipinski definition) is 1. The Labute approximate surface area is 134 Å². The molecule has 0 saturated carbocycles. The van der Waals surface area contributed by atoms with Crippen LogP contribution in [0.2, 0.25) is 0 Å². The Bertz CT molecular complexity index is 550. The SMILES string of the molecule is CCCC1CC2C=CC1N(CCC1CNc3ccccc31)C2. The summed E-state index contributed by atoms with van der Waals surface area (Å²) < 4.78 is 0. The Morgan fingerprint density at radius 3 is 2.95 bits per heavy atom. The summed E-state index contributed by atoms with van der Waals surface area (Å²) in [6, 6.07) is 9.56. The molecule has 0 aromatic heterocycles. The van der Waals surface area contributed by atoms with E-state index in [9.17, 15) is 0 Å². The molecule has 118 valence electrons. The number of piperidine rings is 1. The average molecular weight is 296 g/mol. The van der Waals surface area contributed by atoms with Gasteiger partial charge in [0.05, 0.1) is 0 Å². The van der Waals surface area contributed by atoms with Gasteiger partial charge >= 0.3 is 0 Å². The molecule has 1 N–H and O–H groups in total. The van der Waals surface area contributed by atoms with E-state index < -0.39 is 0 Å². The molecule has 2 nitrogen and oxygen atoms in total. The van der Waals surface area contributed by atoms with E-state index in [4.69, 9.17) is 0 Å². The first-order valence-electron chi connectivity index (χ1n) is 9.10. The molecule has 2 heteroatoms. The van der Waals surface area contributed by atoms with Crippen molar-refractivity contribution in [2.45, 2.75) is 44.6 Å². The topological polar surface area (TPSA) is 15.3 Å². The fourth-order valence-corrected chi connectivity index (χ4v) is 4.85. The summed E-state index contributed by atoms with van der Waals surface area (Å²) in [6.07, 6.45) is 10.4. The highest BCUT2D eigenvalue weighted by Crippen LogP contribution is 2.38. The van der Waals surface area contributed by atoms with Crippen LogP contribution in [-0.4, -0.2) is 30.6 Å². The molecule has 1 aromatic rings. The third-order valence-electron chi connectivity index (χ3n) is 5.92. The third-order valence-corrected chi connectivity index (χ3v) is 5.92. The van der Waals surface area contributed by atoms with Crippen molar-refractivity contribution in [3.63, 3.8) is 0 Å². The second-order valence-corrected chi connectivity index (χ2v) is 7.37. The highest BCUT2D eigenvalue weighted by atomic mass is 15.2. The molecule has 4 atom stereocenters. The summed E-state index contributed by atoms with van der Waals surface area (Å²) in [6.45, 7) is 6.00. The van der Waals surface area contributed by atoms with Gasteiger partial charge in [-0.05, 0) is 49.3 Å². The standard InChI is InChI=1S/C20H28N2/c1-2-5-16-12-15-8-9-20(16)22(14-15)11-10-17-13-21-19-7-4-3-6-18(17)19/h3-4,6-9,15-17,20-21H,2,5,10-14H2,1H3. The van der Waals surface area contributed by atoms with Crippen LogP contribution < -0.4 is 5.32 Å². The van der Waals surface area contributed by atoms with Gasteiger partial charge in [0.1, 0.15) is 0 Å². The molecule has 22 heavy (non-hydrogen) atoms. The van der Waals surface area contributed by atoms with Crippen molar-refractivity contribution in [1.29, 1.82) is 0 Å². The summed E-state index contributed by atoms with van der Waals surface area (Å²) in [5.41, 5.74) is 2.89. The number of nitrogens with zero attached hydrogens (tertiary/aromatic N) is 1. The molecule has 3 aliphatic heterocycles. The molecule has 1 saturated heterocycles. The number of para-hydroxylation sites is 1. The van der Waals surface area contributed by atoms with Crippen LogP contribution in [0.1, 0.15) is 44.1 Å². The van der Waals surface area contributed by atoms with Gasteiger partial charge < -0.3 is 5.32 Å². The zero-order valence-corrected chi connectivity index (χ0v) is 13.7. The van der Waals surface area contributed by atoms with Crippen molar-refractivity contribution in [2.75, 3.05) is 25.0 Å². The quantitative estimate of drug-likeness (QED) is 0.817. The number of hydrogen-bond acceptors (Lipinski definition) is 2. The van der Waals surface area contributed by atoms with Crippen molar-refractivity contribution in [1.82, 2.24) is 4.90 Å². The third kappa shape index (κ3) is 2.58. The number of benzene rings is 1. The van der Waals surface area contributed by atoms with E-state index >= 15 is 0 Å². The number of nitrogens with one attached hydrogen (secondary N) is 1. The van der Waals surface area contributed by atoms with Crippen LogP contribution in [-0.2, 0) is 0 Å². The van der Waals surface area contributed by atoms with Crippen LogP contribution in [0.4, 0.5) is 5.69 Å². The first-order chi connectivity index (χ1) is 10.8. The van der Waals surface area contributed by atoms with Gasteiger partial charge in [-0.15, -0.1) is 0 Å². The number of anilines is 1. The maximum absolute atomic E-state index is 3.57. The minimum atomic E-state index is 0.699. The zero-order chi connectivity index (χ0) is 14.9. The van der Waals surface area contributed by atoms with Crippen LogP contribution in [0.5, 0.6) is 0 Å². The summed E-state index contributed by atoms with van der Waals surface area (Å²) in [4.78, 5) is 2.77. The van der Waals surface area contributed by atoms with E-state index in [1.165, 1.54) is 50.0 Å². The second-order valence-electron chi connectivity index (χ2n) is 7.37. The van der Waals surface area contributed by atoms with Crippen molar-refractivity contribution in [2.24, 2.45) is 11.8 Å². The normalized spacial score (nSPS) is 33.0. The van der Waals surface area contributed by atoms with E-state index in [1.807, 2.05) is 0 Å². The molecule has 3 heterocycles. The molecular weight excluding hydrogens is 268 g/mol. The maximum Gasteiger partial charge on any atom is 0.0376 e. The smallest absolute Gasteiger partial charge is 0.0376 e. The number of rotatable bonds is 5. The first-order valence-corrected chi connectivity index (χ1v) is 9.10. The summed E-state index contributed by atoms with van der Waals surface area (Å²) in [5.74, 6) is 2.42. The fraction of sp³-hybridized carbons (Fsp3) is 0.600. The Kier molecular flexibility index (Phi) is 3.96. The van der Waals surface area contributed by atoms with E-state index in [1.54, 1.807) is 0 Å². The van der Waals surface area contributed by atoms with Crippen molar-refractivity contribution < 1.29 is 0 Å². The second kappa shape index (κ2) is 6.08. The minimum absolute atomic E-state index is 0.699. The predicted molar refractivity (Wildman–Crippen MR) is 93.3 cm³/mol. The molecule has 0 amide bonds. The van der Waals surface area contributed by atoms with E-state index in [2.05, 4.69) is 53.6 Å². The van der Waals surface area contributed by atoms with Crippen LogP contribution in [0, 0.1) is 11.8 Å². The Morgan fingerprint density at radius 1 is 1.18 bits per heavy atom. The minimum Gasteiger partial charge on any atom is -0.384 e. The van der Waals surface area contributed by atoms with Gasteiger partial charge in [0.15, 0.2) is 0 Å². The fourth-order valence-electron chi connectivity index (χ4n) is 4.85. The molecule has 0 spiro atoms. The Balaban J connectivity index is 1.39. The summed E-state index contributed by atoms with van der Waals surface area (Å²) in [5, 5.41) is 3.57. The van der Waals surface area contributed by atoms with Crippen molar-refractivity contribution in [3.8, 4) is 0 Å². The van der Waals surface area contributed by atoms with Gasteiger partial charge in [-0.3, -0.25) is 4.90 Å².